The number of halogens is 1. The zero-order chi connectivity index (χ0) is 13.9. The number of hydrogen-bond donors (Lipinski definition) is 2. The molecule has 1 atom stereocenters. The Hall–Kier alpha value is -1.72. The lowest BCUT2D eigenvalue weighted by Gasteiger charge is -2.21. The second kappa shape index (κ2) is 5.73. The third kappa shape index (κ3) is 2.89. The third-order valence-electron chi connectivity index (χ3n) is 2.91. The maximum atomic E-state index is 6.01. The molecule has 102 valence electrons. The van der Waals surface area contributed by atoms with Gasteiger partial charge in [0.1, 0.15) is 0 Å². The fourth-order valence-electron chi connectivity index (χ4n) is 1.90. The van der Waals surface area contributed by atoms with Crippen molar-refractivity contribution in [2.24, 2.45) is 4.40 Å². The van der Waals surface area contributed by atoms with Gasteiger partial charge >= 0.3 is 0 Å². The van der Waals surface area contributed by atoms with Crippen molar-refractivity contribution in [1.82, 2.24) is 10.3 Å². The zero-order valence-corrected chi connectivity index (χ0v) is 12.4. The van der Waals surface area contributed by atoms with Crippen molar-refractivity contribution >= 4 is 35.2 Å². The summed E-state index contributed by atoms with van der Waals surface area (Å²) in [4.78, 5) is 5.39. The minimum absolute atomic E-state index is 0.0729. The molecular weight excluding hydrogens is 292 g/mol. The molecule has 0 fully saturated rings. The second-order valence-corrected chi connectivity index (χ2v) is 5.66. The van der Waals surface area contributed by atoms with Crippen molar-refractivity contribution in [3.63, 3.8) is 0 Å². The van der Waals surface area contributed by atoms with Crippen LogP contribution in [0.5, 0.6) is 0 Å². The van der Waals surface area contributed by atoms with Crippen LogP contribution >= 0.6 is 23.5 Å². The molecule has 2 aromatic rings. The van der Waals surface area contributed by atoms with E-state index >= 15 is 0 Å². The lowest BCUT2D eigenvalue weighted by molar-refractivity contribution is 0.691. The molecule has 0 amide bonds. The average molecular weight is 305 g/mol. The SMILES string of the molecule is CC(NC1=NSc2ccc(Cl)cc2N1)c1ccccn1. The molecule has 20 heavy (non-hydrogen) atoms. The van der Waals surface area contributed by atoms with E-state index in [-0.39, 0.29) is 6.04 Å². The Kier molecular flexibility index (Phi) is 3.80. The van der Waals surface area contributed by atoms with Crippen molar-refractivity contribution in [3.05, 3.63) is 53.3 Å². The molecule has 3 rings (SSSR count). The van der Waals surface area contributed by atoms with Crippen molar-refractivity contribution < 1.29 is 0 Å². The largest absolute Gasteiger partial charge is 0.347 e. The van der Waals surface area contributed by atoms with Crippen LogP contribution in [-0.2, 0) is 0 Å². The molecule has 1 aliphatic rings. The first kappa shape index (κ1) is 13.3. The van der Waals surface area contributed by atoms with Gasteiger partial charge < -0.3 is 10.6 Å². The zero-order valence-electron chi connectivity index (χ0n) is 10.8. The lowest BCUT2D eigenvalue weighted by atomic mass is 10.2. The molecule has 1 aromatic heterocycles. The van der Waals surface area contributed by atoms with E-state index in [2.05, 4.69) is 20.0 Å². The quantitative estimate of drug-likeness (QED) is 0.827. The number of hydrogen-bond acceptors (Lipinski definition) is 5. The molecule has 0 bridgehead atoms. The number of nitrogens with zero attached hydrogens (tertiary/aromatic N) is 2. The van der Waals surface area contributed by atoms with Crippen LogP contribution in [0.2, 0.25) is 5.02 Å². The van der Waals surface area contributed by atoms with Gasteiger partial charge in [-0.3, -0.25) is 4.98 Å². The van der Waals surface area contributed by atoms with Crippen LogP contribution in [0.1, 0.15) is 18.7 Å². The molecule has 0 aliphatic carbocycles. The Bertz CT molecular complexity index is 645. The topological polar surface area (TPSA) is 49.3 Å². The Morgan fingerprint density at radius 2 is 2.20 bits per heavy atom. The first-order valence-corrected chi connectivity index (χ1v) is 7.36. The van der Waals surface area contributed by atoms with Gasteiger partial charge in [-0.15, -0.1) is 0 Å². The molecule has 0 radical (unpaired) electrons. The van der Waals surface area contributed by atoms with Gasteiger partial charge in [-0.25, -0.2) is 0 Å². The smallest absolute Gasteiger partial charge is 0.208 e. The number of guanidine groups is 1. The highest BCUT2D eigenvalue weighted by Gasteiger charge is 2.15. The molecule has 0 saturated carbocycles. The first-order chi connectivity index (χ1) is 9.72. The van der Waals surface area contributed by atoms with Gasteiger partial charge in [0.05, 0.1) is 22.3 Å². The molecule has 1 unspecified atom stereocenters. The number of rotatable bonds is 2. The van der Waals surface area contributed by atoms with Crippen LogP contribution in [0.4, 0.5) is 5.69 Å². The van der Waals surface area contributed by atoms with Gasteiger partial charge in [-0.2, -0.15) is 4.40 Å². The van der Waals surface area contributed by atoms with E-state index in [0.717, 1.165) is 16.3 Å². The molecule has 1 aliphatic heterocycles. The summed E-state index contributed by atoms with van der Waals surface area (Å²) in [5, 5.41) is 7.26. The monoisotopic (exact) mass is 304 g/mol. The minimum atomic E-state index is 0.0729. The number of pyridine rings is 1. The normalized spacial score (nSPS) is 14.8. The van der Waals surface area contributed by atoms with E-state index in [9.17, 15) is 0 Å². The van der Waals surface area contributed by atoms with Gasteiger partial charge in [0.2, 0.25) is 5.96 Å². The van der Waals surface area contributed by atoms with Crippen LogP contribution in [-0.4, -0.2) is 10.9 Å². The Morgan fingerprint density at radius 1 is 1.30 bits per heavy atom. The van der Waals surface area contributed by atoms with Gasteiger partial charge in [0.15, 0.2) is 0 Å². The number of aromatic nitrogens is 1. The van der Waals surface area contributed by atoms with Crippen LogP contribution in [0.3, 0.4) is 0 Å². The standard InChI is InChI=1S/C14H13ClN4S/c1-9(11-4-2-3-7-16-11)17-14-18-12-8-10(15)5-6-13(12)20-19-14/h2-9H,1H3,(H2,17,18,19). The van der Waals surface area contributed by atoms with E-state index < -0.39 is 0 Å². The third-order valence-corrected chi connectivity index (χ3v) is 3.98. The molecule has 0 saturated heterocycles. The summed E-state index contributed by atoms with van der Waals surface area (Å²) in [7, 11) is 0. The van der Waals surface area contributed by atoms with E-state index in [4.69, 9.17) is 11.6 Å². The number of benzene rings is 1. The fourth-order valence-corrected chi connectivity index (χ4v) is 2.70. The summed E-state index contributed by atoms with van der Waals surface area (Å²) < 4.78 is 4.41. The van der Waals surface area contributed by atoms with Gasteiger partial charge in [0, 0.05) is 23.2 Å². The summed E-state index contributed by atoms with van der Waals surface area (Å²) in [6, 6.07) is 11.6. The highest BCUT2D eigenvalue weighted by atomic mass is 35.5. The Balaban J connectivity index is 1.72. The molecule has 1 aromatic carbocycles. The van der Waals surface area contributed by atoms with Crippen LogP contribution in [0, 0.1) is 0 Å². The average Bonchev–Trinajstić information content (AvgIpc) is 2.47. The molecular formula is C14H13ClN4S. The van der Waals surface area contributed by atoms with Crippen molar-refractivity contribution in [2.75, 3.05) is 5.32 Å². The van der Waals surface area contributed by atoms with Crippen molar-refractivity contribution in [1.29, 1.82) is 0 Å². The summed E-state index contributed by atoms with van der Waals surface area (Å²) >= 11 is 7.43. The molecule has 4 nitrogen and oxygen atoms in total. The predicted octanol–water partition coefficient (Wildman–Crippen LogP) is 3.87. The number of fused-ring (bicyclic) bond motifs is 1. The summed E-state index contributed by atoms with van der Waals surface area (Å²) in [5.41, 5.74) is 1.94. The number of anilines is 1. The minimum Gasteiger partial charge on any atom is -0.347 e. The first-order valence-electron chi connectivity index (χ1n) is 6.21. The van der Waals surface area contributed by atoms with E-state index in [1.807, 2.05) is 43.3 Å². The van der Waals surface area contributed by atoms with E-state index in [0.29, 0.717) is 11.0 Å². The maximum absolute atomic E-state index is 6.01. The highest BCUT2D eigenvalue weighted by molar-refractivity contribution is 7.98. The molecule has 6 heteroatoms. The van der Waals surface area contributed by atoms with E-state index in [1.54, 1.807) is 6.20 Å². The van der Waals surface area contributed by atoms with Crippen LogP contribution < -0.4 is 10.6 Å². The maximum Gasteiger partial charge on any atom is 0.208 e. The van der Waals surface area contributed by atoms with Crippen LogP contribution in [0.25, 0.3) is 0 Å². The van der Waals surface area contributed by atoms with Crippen LogP contribution in [0.15, 0.2) is 51.9 Å². The van der Waals surface area contributed by atoms with Crippen molar-refractivity contribution in [3.8, 4) is 0 Å². The molecule has 2 N–H and O–H groups in total. The highest BCUT2D eigenvalue weighted by Crippen LogP contribution is 2.33. The molecule has 2 heterocycles. The molecule has 0 spiro atoms. The Morgan fingerprint density at radius 3 is 3.00 bits per heavy atom. The number of nitrogens with one attached hydrogen (secondary N) is 2. The fraction of sp³-hybridized carbons (Fsp3) is 0.143. The summed E-state index contributed by atoms with van der Waals surface area (Å²) in [6.45, 7) is 2.05. The van der Waals surface area contributed by atoms with Gasteiger partial charge in [0.25, 0.3) is 0 Å². The van der Waals surface area contributed by atoms with Gasteiger partial charge in [-0.1, -0.05) is 17.7 Å². The van der Waals surface area contributed by atoms with Gasteiger partial charge in [-0.05, 0) is 37.3 Å². The second-order valence-electron chi connectivity index (χ2n) is 4.42. The van der Waals surface area contributed by atoms with E-state index in [1.165, 1.54) is 11.9 Å². The summed E-state index contributed by atoms with van der Waals surface area (Å²) in [5.74, 6) is 0.711. The Labute approximate surface area is 126 Å². The predicted molar refractivity (Wildman–Crippen MR) is 84.2 cm³/mol. The van der Waals surface area contributed by atoms with Crippen molar-refractivity contribution in [2.45, 2.75) is 17.9 Å². The lowest BCUT2D eigenvalue weighted by Crippen LogP contribution is -2.34. The summed E-state index contributed by atoms with van der Waals surface area (Å²) in [6.07, 6.45) is 1.79.